The second-order valence-corrected chi connectivity index (χ2v) is 7.32. The van der Waals surface area contributed by atoms with E-state index in [1.54, 1.807) is 12.1 Å². The van der Waals surface area contributed by atoms with Crippen LogP contribution in [-0.2, 0) is 14.9 Å². The van der Waals surface area contributed by atoms with Crippen molar-refractivity contribution in [1.29, 1.82) is 0 Å². The van der Waals surface area contributed by atoms with Crippen molar-refractivity contribution in [3.8, 4) is 0 Å². The lowest BCUT2D eigenvalue weighted by atomic mass is 10.2. The van der Waals surface area contributed by atoms with Gasteiger partial charge in [0.2, 0.25) is 0 Å². The maximum Gasteiger partial charge on any atom is 0.323 e. The fourth-order valence-electron chi connectivity index (χ4n) is 2.40. The van der Waals surface area contributed by atoms with E-state index in [0.29, 0.717) is 16.7 Å². The minimum Gasteiger partial charge on any atom is -0.510 e. The van der Waals surface area contributed by atoms with Crippen LogP contribution in [0.25, 0.3) is 11.0 Å². The van der Waals surface area contributed by atoms with Gasteiger partial charge in [0, 0.05) is 5.69 Å². The van der Waals surface area contributed by atoms with Crippen LogP contribution in [0.15, 0.2) is 73.8 Å². The lowest BCUT2D eigenvalue weighted by molar-refractivity contribution is -0.113. The molecule has 2 aromatic carbocycles. The molecule has 0 unspecified atom stereocenters. The first kappa shape index (κ1) is 20.0. The smallest absolute Gasteiger partial charge is 0.323 e. The van der Waals surface area contributed by atoms with Gasteiger partial charge in [0.25, 0.3) is 16.0 Å². The Bertz CT molecular complexity index is 1320. The third-order valence-corrected chi connectivity index (χ3v) is 4.56. The lowest BCUT2D eigenvalue weighted by Crippen LogP contribution is -2.14. The number of amides is 1. The third-order valence-electron chi connectivity index (χ3n) is 3.71. The SMILES string of the molecule is C/C(O)=C(/N=Nc1cccc(S(=O)(=O)O)c1)C(=O)Nc1ccc2[nH]c(=O)[nH]c2c1. The number of rotatable bonds is 5. The van der Waals surface area contributed by atoms with Gasteiger partial charge in [-0.2, -0.15) is 13.5 Å². The molecule has 0 atom stereocenters. The molecule has 0 bridgehead atoms. The number of fused-ring (bicyclic) bond motifs is 1. The van der Waals surface area contributed by atoms with Gasteiger partial charge in [0.05, 0.1) is 21.6 Å². The Morgan fingerprint density at radius 1 is 1.10 bits per heavy atom. The average Bonchev–Trinajstić information content (AvgIpc) is 3.00. The normalized spacial score (nSPS) is 12.9. The van der Waals surface area contributed by atoms with Gasteiger partial charge >= 0.3 is 5.69 Å². The number of aliphatic hydroxyl groups is 1. The molecular formula is C17H15N5O6S. The largest absolute Gasteiger partial charge is 0.510 e. The molecule has 1 aromatic heterocycles. The van der Waals surface area contributed by atoms with Crippen LogP contribution < -0.4 is 11.0 Å². The Labute approximate surface area is 163 Å². The van der Waals surface area contributed by atoms with Crippen molar-refractivity contribution in [3.05, 3.63) is 64.4 Å². The van der Waals surface area contributed by atoms with Gasteiger partial charge < -0.3 is 20.4 Å². The van der Waals surface area contributed by atoms with Gasteiger partial charge in [-0.05, 0) is 43.3 Å². The Balaban J connectivity index is 1.84. The van der Waals surface area contributed by atoms with E-state index < -0.39 is 38.1 Å². The number of allylic oxidation sites excluding steroid dienone is 1. The molecule has 0 radical (unpaired) electrons. The number of nitrogens with one attached hydrogen (secondary N) is 3. The standard InChI is InChI=1S/C17H15N5O6S/c1-9(23)15(22-21-11-3-2-4-12(7-11)29(26,27)28)16(24)18-10-5-6-13-14(8-10)20-17(25)19-13/h2-8,23H,1H3,(H,18,24)(H2,19,20,25)(H,26,27,28)/b15-9-,22-21?. The minimum absolute atomic E-state index is 0.0398. The Morgan fingerprint density at radius 3 is 2.52 bits per heavy atom. The number of aliphatic hydroxyl groups excluding tert-OH is 1. The molecule has 0 fully saturated rings. The van der Waals surface area contributed by atoms with Crippen LogP contribution >= 0.6 is 0 Å². The summed E-state index contributed by atoms with van der Waals surface area (Å²) in [4.78, 5) is 28.5. The van der Waals surface area contributed by atoms with Crippen molar-refractivity contribution < 1.29 is 22.9 Å². The summed E-state index contributed by atoms with van der Waals surface area (Å²) in [6.07, 6.45) is 0. The highest BCUT2D eigenvalue weighted by Crippen LogP contribution is 2.21. The molecule has 29 heavy (non-hydrogen) atoms. The highest BCUT2D eigenvalue weighted by Gasteiger charge is 2.15. The van der Waals surface area contributed by atoms with Crippen molar-refractivity contribution in [2.24, 2.45) is 10.2 Å². The summed E-state index contributed by atoms with van der Waals surface area (Å²) in [5, 5.41) is 19.7. The summed E-state index contributed by atoms with van der Waals surface area (Å²) in [7, 11) is -4.42. The number of imidazole rings is 1. The van der Waals surface area contributed by atoms with Gasteiger partial charge in [0.1, 0.15) is 5.76 Å². The van der Waals surface area contributed by atoms with E-state index in [9.17, 15) is 23.1 Å². The molecule has 12 heteroatoms. The second-order valence-electron chi connectivity index (χ2n) is 5.90. The summed E-state index contributed by atoms with van der Waals surface area (Å²) in [6, 6.07) is 9.59. The number of H-pyrrole nitrogens is 2. The molecule has 0 saturated carbocycles. The molecule has 3 aromatic rings. The number of nitrogens with zero attached hydrogens (tertiary/aromatic N) is 2. The van der Waals surface area contributed by atoms with Crippen molar-refractivity contribution in [2.75, 3.05) is 5.32 Å². The number of hydrogen-bond donors (Lipinski definition) is 5. The van der Waals surface area contributed by atoms with E-state index in [2.05, 4.69) is 25.5 Å². The molecule has 0 aliphatic heterocycles. The fraction of sp³-hybridized carbons (Fsp3) is 0.0588. The number of carbonyl (C=O) groups excluding carboxylic acids is 1. The van der Waals surface area contributed by atoms with Crippen molar-refractivity contribution >= 4 is 38.4 Å². The van der Waals surface area contributed by atoms with Crippen LogP contribution in [-0.4, -0.2) is 34.0 Å². The summed E-state index contributed by atoms with van der Waals surface area (Å²) >= 11 is 0. The molecule has 5 N–H and O–H groups in total. The number of aromatic amines is 2. The van der Waals surface area contributed by atoms with Gasteiger partial charge in [-0.3, -0.25) is 9.35 Å². The zero-order valence-electron chi connectivity index (χ0n) is 14.9. The Morgan fingerprint density at radius 2 is 1.83 bits per heavy atom. The summed E-state index contributed by atoms with van der Waals surface area (Å²) < 4.78 is 31.4. The van der Waals surface area contributed by atoms with Crippen LogP contribution in [0.4, 0.5) is 11.4 Å². The predicted molar refractivity (Wildman–Crippen MR) is 104 cm³/mol. The first-order chi connectivity index (χ1) is 13.6. The van der Waals surface area contributed by atoms with E-state index >= 15 is 0 Å². The fourth-order valence-corrected chi connectivity index (χ4v) is 2.92. The molecule has 3 rings (SSSR count). The summed E-state index contributed by atoms with van der Waals surface area (Å²) in [5.41, 5.74) is 0.599. The molecule has 0 aliphatic carbocycles. The molecule has 0 spiro atoms. The molecule has 0 saturated heterocycles. The van der Waals surface area contributed by atoms with Crippen LogP contribution in [0.1, 0.15) is 6.92 Å². The van der Waals surface area contributed by atoms with Crippen LogP contribution in [0, 0.1) is 0 Å². The predicted octanol–water partition coefficient (Wildman–Crippen LogP) is 2.61. The highest BCUT2D eigenvalue weighted by atomic mass is 32.2. The number of benzene rings is 2. The first-order valence-electron chi connectivity index (χ1n) is 8.06. The quantitative estimate of drug-likeness (QED) is 0.184. The number of anilines is 1. The van der Waals surface area contributed by atoms with Crippen molar-refractivity contribution in [1.82, 2.24) is 9.97 Å². The van der Waals surface area contributed by atoms with Gasteiger partial charge in [-0.15, -0.1) is 5.11 Å². The van der Waals surface area contributed by atoms with Gasteiger partial charge in [0.15, 0.2) is 5.70 Å². The van der Waals surface area contributed by atoms with Crippen LogP contribution in [0.2, 0.25) is 0 Å². The lowest BCUT2D eigenvalue weighted by Gasteiger charge is -2.06. The maximum absolute atomic E-state index is 12.4. The number of carbonyl (C=O) groups is 1. The zero-order chi connectivity index (χ0) is 21.2. The van der Waals surface area contributed by atoms with Gasteiger partial charge in [-0.25, -0.2) is 4.79 Å². The zero-order valence-corrected chi connectivity index (χ0v) is 15.7. The Kier molecular flexibility index (Phi) is 5.30. The topological polar surface area (TPSA) is 177 Å². The first-order valence-corrected chi connectivity index (χ1v) is 9.50. The molecule has 0 aliphatic rings. The number of hydrogen-bond acceptors (Lipinski definition) is 7. The summed E-state index contributed by atoms with van der Waals surface area (Å²) in [5.74, 6) is -1.20. The monoisotopic (exact) mass is 417 g/mol. The number of azo groups is 1. The molecule has 150 valence electrons. The van der Waals surface area contributed by atoms with Crippen LogP contribution in [0.3, 0.4) is 0 Å². The van der Waals surface area contributed by atoms with E-state index in [1.165, 1.54) is 25.1 Å². The van der Waals surface area contributed by atoms with E-state index in [1.807, 2.05) is 0 Å². The molecular weight excluding hydrogens is 402 g/mol. The maximum atomic E-state index is 12.4. The van der Waals surface area contributed by atoms with E-state index in [-0.39, 0.29) is 5.69 Å². The Hall–Kier alpha value is -3.77. The van der Waals surface area contributed by atoms with Crippen molar-refractivity contribution in [3.63, 3.8) is 0 Å². The van der Waals surface area contributed by atoms with Gasteiger partial charge in [-0.1, -0.05) is 6.07 Å². The molecule has 11 nitrogen and oxygen atoms in total. The van der Waals surface area contributed by atoms with E-state index in [0.717, 1.165) is 12.1 Å². The third kappa shape index (κ3) is 4.75. The van der Waals surface area contributed by atoms with Crippen molar-refractivity contribution in [2.45, 2.75) is 11.8 Å². The second kappa shape index (κ2) is 7.69. The van der Waals surface area contributed by atoms with E-state index in [4.69, 9.17) is 4.55 Å². The van der Waals surface area contributed by atoms with Crippen LogP contribution in [0.5, 0.6) is 0 Å². The number of aromatic nitrogens is 2. The molecule has 1 amide bonds. The highest BCUT2D eigenvalue weighted by molar-refractivity contribution is 7.85. The average molecular weight is 417 g/mol. The summed E-state index contributed by atoms with van der Waals surface area (Å²) in [6.45, 7) is 1.23. The minimum atomic E-state index is -4.42. The molecule has 1 heterocycles.